The fraction of sp³-hybridized carbons (Fsp3) is 0.348. The molecule has 8 nitrogen and oxygen atoms in total. The van der Waals surface area contributed by atoms with Crippen LogP contribution in [0.2, 0.25) is 0 Å². The van der Waals surface area contributed by atoms with Crippen LogP contribution in [-0.2, 0) is 16.0 Å². The first-order valence-corrected chi connectivity index (χ1v) is 10.2. The molecule has 2 atom stereocenters. The maximum absolute atomic E-state index is 13.4. The zero-order chi connectivity index (χ0) is 22.2. The van der Waals surface area contributed by atoms with E-state index < -0.39 is 46.1 Å². The molecule has 160 valence electrons. The van der Waals surface area contributed by atoms with Gasteiger partial charge in [0, 0.05) is 12.3 Å². The number of aliphatic hydroxyl groups excluding tert-OH is 1. The van der Waals surface area contributed by atoms with Crippen LogP contribution in [-0.4, -0.2) is 43.5 Å². The average Bonchev–Trinajstić information content (AvgIpc) is 2.65. The zero-order valence-electron chi connectivity index (χ0n) is 16.5. The SMILES string of the molecule is NC(=O)C1=C(O)C2(O)C(=O)c3c(cc4c(C5CCC5)ccc(O)c4c3O)CC2CC1=O. The lowest BCUT2D eigenvalue weighted by molar-refractivity contribution is -0.125. The number of benzene rings is 2. The van der Waals surface area contributed by atoms with Crippen LogP contribution >= 0.6 is 0 Å². The van der Waals surface area contributed by atoms with Crippen molar-refractivity contribution in [1.82, 2.24) is 0 Å². The Labute approximate surface area is 176 Å². The standard InChI is InChI=1S/C23H21NO7/c24-22(30)18-15(26)8-11-6-10-7-13-12(9-2-1-3-9)4-5-14(25)17(13)19(27)16(10)20(28)23(11,31)21(18)29/h4-5,7,9,11,25,27,29,31H,1-3,6,8H2,(H2,24,30). The minimum atomic E-state index is -2.56. The molecule has 2 unspecified atom stereocenters. The molecule has 31 heavy (non-hydrogen) atoms. The van der Waals surface area contributed by atoms with Crippen molar-refractivity contribution in [3.8, 4) is 11.5 Å². The lowest BCUT2D eigenvalue weighted by atomic mass is 9.64. The number of aromatic hydroxyl groups is 2. The summed E-state index contributed by atoms with van der Waals surface area (Å²) < 4.78 is 0. The van der Waals surface area contributed by atoms with Crippen LogP contribution in [0.4, 0.5) is 0 Å². The Balaban J connectivity index is 1.77. The Hall–Kier alpha value is -3.39. The van der Waals surface area contributed by atoms with Crippen molar-refractivity contribution in [2.24, 2.45) is 11.7 Å². The lowest BCUT2D eigenvalue weighted by Gasteiger charge is -2.42. The number of ketones is 2. The van der Waals surface area contributed by atoms with Gasteiger partial charge >= 0.3 is 0 Å². The third-order valence-corrected chi connectivity index (χ3v) is 7.10. The summed E-state index contributed by atoms with van der Waals surface area (Å²) in [6.45, 7) is 0. The zero-order valence-corrected chi connectivity index (χ0v) is 16.5. The number of fused-ring (bicyclic) bond motifs is 3. The average molecular weight is 423 g/mol. The molecule has 0 saturated heterocycles. The van der Waals surface area contributed by atoms with E-state index >= 15 is 0 Å². The molecule has 0 bridgehead atoms. The van der Waals surface area contributed by atoms with Gasteiger partial charge in [0.15, 0.2) is 11.4 Å². The fourth-order valence-electron chi connectivity index (χ4n) is 5.25. The highest BCUT2D eigenvalue weighted by Crippen LogP contribution is 2.50. The van der Waals surface area contributed by atoms with Gasteiger partial charge in [-0.1, -0.05) is 12.5 Å². The van der Waals surface area contributed by atoms with Gasteiger partial charge < -0.3 is 26.2 Å². The minimum absolute atomic E-state index is 0.0165. The quantitative estimate of drug-likeness (QED) is 0.461. The first-order valence-electron chi connectivity index (χ1n) is 10.2. The minimum Gasteiger partial charge on any atom is -0.508 e. The number of Topliss-reactive ketones (excluding diaryl/α,β-unsaturated/α-hetero) is 2. The van der Waals surface area contributed by atoms with E-state index in [0.29, 0.717) is 10.9 Å². The van der Waals surface area contributed by atoms with Crippen molar-refractivity contribution in [3.05, 3.63) is 46.2 Å². The summed E-state index contributed by atoms with van der Waals surface area (Å²) in [7, 11) is 0. The number of amides is 1. The number of primary amides is 1. The number of phenols is 2. The van der Waals surface area contributed by atoms with Gasteiger partial charge in [-0.2, -0.15) is 0 Å². The Morgan fingerprint density at radius 2 is 1.81 bits per heavy atom. The van der Waals surface area contributed by atoms with Crippen LogP contribution in [0.25, 0.3) is 10.8 Å². The smallest absolute Gasteiger partial charge is 0.255 e. The summed E-state index contributed by atoms with van der Waals surface area (Å²) in [5, 5.41) is 43.9. The number of carbonyl (C=O) groups excluding carboxylic acids is 3. The van der Waals surface area contributed by atoms with Crippen molar-refractivity contribution in [2.75, 3.05) is 0 Å². The first kappa shape index (κ1) is 19.6. The summed E-state index contributed by atoms with van der Waals surface area (Å²) in [6.07, 6.45) is 2.73. The van der Waals surface area contributed by atoms with Crippen LogP contribution in [0.3, 0.4) is 0 Å². The van der Waals surface area contributed by atoms with E-state index in [9.17, 15) is 34.8 Å². The largest absolute Gasteiger partial charge is 0.508 e. The Morgan fingerprint density at radius 1 is 1.10 bits per heavy atom. The lowest BCUT2D eigenvalue weighted by Crippen LogP contribution is -2.56. The van der Waals surface area contributed by atoms with Gasteiger partial charge in [0.1, 0.15) is 22.8 Å². The second-order valence-corrected chi connectivity index (χ2v) is 8.70. The molecule has 3 aliphatic rings. The van der Waals surface area contributed by atoms with Crippen molar-refractivity contribution in [2.45, 2.75) is 43.6 Å². The van der Waals surface area contributed by atoms with Gasteiger partial charge in [-0.05, 0) is 53.8 Å². The third-order valence-electron chi connectivity index (χ3n) is 7.10. The van der Waals surface area contributed by atoms with Gasteiger partial charge in [0.05, 0.1) is 10.9 Å². The van der Waals surface area contributed by atoms with E-state index in [4.69, 9.17) is 5.73 Å². The normalized spacial score (nSPS) is 25.9. The summed E-state index contributed by atoms with van der Waals surface area (Å²) in [6, 6.07) is 4.99. The van der Waals surface area contributed by atoms with Gasteiger partial charge in [0.2, 0.25) is 5.78 Å². The van der Waals surface area contributed by atoms with Crippen LogP contribution in [0, 0.1) is 5.92 Å². The highest BCUT2D eigenvalue weighted by Gasteiger charge is 2.57. The van der Waals surface area contributed by atoms with E-state index in [1.165, 1.54) is 6.07 Å². The highest BCUT2D eigenvalue weighted by atomic mass is 16.3. The first-order chi connectivity index (χ1) is 14.7. The van der Waals surface area contributed by atoms with Gasteiger partial charge in [-0.25, -0.2) is 0 Å². The maximum Gasteiger partial charge on any atom is 0.255 e. The monoisotopic (exact) mass is 423 g/mol. The molecular weight excluding hydrogens is 402 g/mol. The summed E-state index contributed by atoms with van der Waals surface area (Å²) in [5.74, 6) is -5.51. The molecule has 0 aliphatic heterocycles. The molecule has 3 aliphatic carbocycles. The van der Waals surface area contributed by atoms with Gasteiger partial charge in [-0.15, -0.1) is 0 Å². The fourth-order valence-corrected chi connectivity index (χ4v) is 5.25. The summed E-state index contributed by atoms with van der Waals surface area (Å²) >= 11 is 0. The molecule has 0 radical (unpaired) electrons. The van der Waals surface area contributed by atoms with Crippen LogP contribution in [0.5, 0.6) is 11.5 Å². The van der Waals surface area contributed by atoms with Crippen molar-refractivity contribution < 1.29 is 34.8 Å². The molecule has 6 N–H and O–H groups in total. The topological polar surface area (TPSA) is 158 Å². The molecule has 2 aromatic rings. The van der Waals surface area contributed by atoms with E-state index in [1.54, 1.807) is 6.07 Å². The predicted molar refractivity (Wildman–Crippen MR) is 109 cm³/mol. The van der Waals surface area contributed by atoms with Crippen LogP contribution in [0.1, 0.15) is 53.1 Å². The second kappa shape index (κ2) is 6.31. The third kappa shape index (κ3) is 2.42. The van der Waals surface area contributed by atoms with E-state index in [-0.39, 0.29) is 35.5 Å². The highest BCUT2D eigenvalue weighted by molar-refractivity contribution is 6.23. The molecule has 0 spiro atoms. The molecule has 2 aromatic carbocycles. The molecule has 1 fully saturated rings. The molecule has 0 aromatic heterocycles. The number of hydrogen-bond donors (Lipinski definition) is 5. The molecule has 5 rings (SSSR count). The summed E-state index contributed by atoms with van der Waals surface area (Å²) in [4.78, 5) is 37.4. The van der Waals surface area contributed by atoms with E-state index in [1.807, 2.05) is 6.07 Å². The number of nitrogens with two attached hydrogens (primary N) is 1. The molecule has 8 heteroatoms. The summed E-state index contributed by atoms with van der Waals surface area (Å²) in [5.41, 5.74) is 2.95. The number of rotatable bonds is 2. The Morgan fingerprint density at radius 3 is 2.42 bits per heavy atom. The molecule has 0 heterocycles. The van der Waals surface area contributed by atoms with Crippen molar-refractivity contribution in [3.63, 3.8) is 0 Å². The second-order valence-electron chi connectivity index (χ2n) is 8.70. The predicted octanol–water partition coefficient (Wildman–Crippen LogP) is 1.87. The molecule has 1 saturated carbocycles. The number of phenolic OH excluding ortho intramolecular Hbond substituents is 2. The van der Waals surface area contributed by atoms with Crippen LogP contribution in [0.15, 0.2) is 29.5 Å². The van der Waals surface area contributed by atoms with Crippen molar-refractivity contribution in [1.29, 1.82) is 0 Å². The van der Waals surface area contributed by atoms with E-state index in [2.05, 4.69) is 0 Å². The Kier molecular flexibility index (Phi) is 3.98. The van der Waals surface area contributed by atoms with Gasteiger partial charge in [-0.3, -0.25) is 14.4 Å². The Bertz CT molecular complexity index is 1240. The maximum atomic E-state index is 13.4. The molecule has 1 amide bonds. The number of aliphatic hydroxyl groups is 2. The van der Waals surface area contributed by atoms with Gasteiger partial charge in [0.25, 0.3) is 5.91 Å². The van der Waals surface area contributed by atoms with Crippen LogP contribution < -0.4 is 5.73 Å². The van der Waals surface area contributed by atoms with Crippen molar-refractivity contribution >= 4 is 28.2 Å². The molecular formula is C23H21NO7. The number of carbonyl (C=O) groups is 3. The number of hydrogen-bond acceptors (Lipinski definition) is 7. The van der Waals surface area contributed by atoms with E-state index in [0.717, 1.165) is 24.8 Å².